The Bertz CT molecular complexity index is 429. The Morgan fingerprint density at radius 3 is 2.77 bits per heavy atom. The molecule has 0 atom stereocenters. The zero-order chi connectivity index (χ0) is 9.42. The van der Waals surface area contributed by atoms with E-state index in [2.05, 4.69) is 13.8 Å². The number of hydrogen-bond acceptors (Lipinski definition) is 2. The van der Waals surface area contributed by atoms with E-state index in [9.17, 15) is 0 Å². The molecule has 68 valence electrons. The van der Waals surface area contributed by atoms with E-state index in [1.54, 1.807) is 6.26 Å². The predicted octanol–water partition coefficient (Wildman–Crippen LogP) is 3.14. The van der Waals surface area contributed by atoms with Gasteiger partial charge in [-0.3, -0.25) is 0 Å². The molecule has 2 heteroatoms. The molecule has 0 aliphatic carbocycles. The largest absolute Gasteiger partial charge is 0.462 e. The number of nitrogen functional groups attached to an aromatic ring is 1. The van der Waals surface area contributed by atoms with Crippen LogP contribution < -0.4 is 5.73 Å². The van der Waals surface area contributed by atoms with Crippen molar-refractivity contribution in [3.05, 3.63) is 30.0 Å². The van der Waals surface area contributed by atoms with Gasteiger partial charge in [-0.2, -0.15) is 0 Å². The molecular weight excluding hydrogens is 162 g/mol. The van der Waals surface area contributed by atoms with Crippen molar-refractivity contribution in [3.63, 3.8) is 0 Å². The van der Waals surface area contributed by atoms with Gasteiger partial charge in [-0.15, -0.1) is 0 Å². The van der Waals surface area contributed by atoms with Gasteiger partial charge in [0.2, 0.25) is 0 Å². The van der Waals surface area contributed by atoms with Crippen LogP contribution in [0.1, 0.15) is 25.3 Å². The summed E-state index contributed by atoms with van der Waals surface area (Å²) in [5, 5.41) is 1.13. The second kappa shape index (κ2) is 2.80. The second-order valence-electron chi connectivity index (χ2n) is 3.57. The van der Waals surface area contributed by atoms with E-state index >= 15 is 0 Å². The van der Waals surface area contributed by atoms with Crippen molar-refractivity contribution in [2.45, 2.75) is 19.8 Å². The number of furan rings is 1. The highest BCUT2D eigenvalue weighted by molar-refractivity contribution is 5.90. The summed E-state index contributed by atoms with van der Waals surface area (Å²) in [5.41, 5.74) is 8.52. The first-order valence-corrected chi connectivity index (χ1v) is 4.45. The van der Waals surface area contributed by atoms with Gasteiger partial charge in [-0.1, -0.05) is 26.0 Å². The first-order chi connectivity index (χ1) is 6.20. The third-order valence-electron chi connectivity index (χ3n) is 2.28. The maximum absolute atomic E-state index is 5.78. The van der Waals surface area contributed by atoms with Gasteiger partial charge in [0.1, 0.15) is 0 Å². The van der Waals surface area contributed by atoms with Gasteiger partial charge in [0.25, 0.3) is 0 Å². The summed E-state index contributed by atoms with van der Waals surface area (Å²) in [4.78, 5) is 0. The van der Waals surface area contributed by atoms with Crippen molar-refractivity contribution in [1.82, 2.24) is 0 Å². The van der Waals surface area contributed by atoms with Crippen molar-refractivity contribution >= 4 is 16.7 Å². The molecule has 2 nitrogen and oxygen atoms in total. The number of anilines is 1. The first-order valence-electron chi connectivity index (χ1n) is 4.45. The van der Waals surface area contributed by atoms with Crippen molar-refractivity contribution in [2.24, 2.45) is 0 Å². The summed E-state index contributed by atoms with van der Waals surface area (Å²) in [6, 6.07) is 5.86. The topological polar surface area (TPSA) is 39.2 Å². The Morgan fingerprint density at radius 1 is 1.31 bits per heavy atom. The number of rotatable bonds is 1. The van der Waals surface area contributed by atoms with Gasteiger partial charge in [0.15, 0.2) is 5.58 Å². The van der Waals surface area contributed by atoms with E-state index in [1.165, 1.54) is 5.56 Å². The number of fused-ring (bicyclic) bond motifs is 1. The predicted molar refractivity (Wildman–Crippen MR) is 54.7 cm³/mol. The van der Waals surface area contributed by atoms with Crippen LogP contribution in [-0.2, 0) is 0 Å². The normalized spacial score (nSPS) is 11.3. The quantitative estimate of drug-likeness (QED) is 0.676. The third kappa shape index (κ3) is 1.18. The van der Waals surface area contributed by atoms with Gasteiger partial charge in [-0.25, -0.2) is 0 Å². The molecule has 2 rings (SSSR count). The van der Waals surface area contributed by atoms with Crippen LogP contribution in [0.4, 0.5) is 5.69 Å². The Hall–Kier alpha value is -1.44. The molecule has 0 amide bonds. The minimum atomic E-state index is 0.475. The van der Waals surface area contributed by atoms with E-state index < -0.39 is 0 Å². The fourth-order valence-corrected chi connectivity index (χ4v) is 1.55. The number of hydrogen-bond donors (Lipinski definition) is 1. The van der Waals surface area contributed by atoms with Crippen LogP contribution in [0.15, 0.2) is 28.9 Å². The van der Waals surface area contributed by atoms with Crippen molar-refractivity contribution < 1.29 is 4.42 Å². The summed E-state index contributed by atoms with van der Waals surface area (Å²) in [5.74, 6) is 0.475. The SMILES string of the molecule is CC(C)c1coc2c(N)cccc12. The van der Waals surface area contributed by atoms with Gasteiger partial charge in [0.05, 0.1) is 12.0 Å². The van der Waals surface area contributed by atoms with Crippen LogP contribution in [0.5, 0.6) is 0 Å². The third-order valence-corrected chi connectivity index (χ3v) is 2.28. The highest BCUT2D eigenvalue weighted by Crippen LogP contribution is 2.30. The molecule has 2 N–H and O–H groups in total. The molecule has 2 aromatic rings. The molecule has 0 bridgehead atoms. The molecule has 0 radical (unpaired) electrons. The highest BCUT2D eigenvalue weighted by atomic mass is 16.3. The van der Waals surface area contributed by atoms with Crippen molar-refractivity contribution in [2.75, 3.05) is 5.73 Å². The molecule has 0 unspecified atom stereocenters. The summed E-state index contributed by atoms with van der Waals surface area (Å²) in [6.45, 7) is 4.29. The smallest absolute Gasteiger partial charge is 0.157 e. The Kier molecular flexibility index (Phi) is 1.76. The number of nitrogens with two attached hydrogens (primary N) is 1. The lowest BCUT2D eigenvalue weighted by molar-refractivity contribution is 0.608. The van der Waals surface area contributed by atoms with Crippen LogP contribution >= 0.6 is 0 Å². The maximum Gasteiger partial charge on any atom is 0.157 e. The minimum Gasteiger partial charge on any atom is -0.462 e. The molecule has 0 fully saturated rings. The molecule has 1 aromatic carbocycles. The lowest BCUT2D eigenvalue weighted by atomic mass is 10.0. The molecule has 0 saturated heterocycles. The molecular formula is C11H13NO. The van der Waals surface area contributed by atoms with Crippen LogP contribution in [-0.4, -0.2) is 0 Å². The van der Waals surface area contributed by atoms with Gasteiger partial charge >= 0.3 is 0 Å². The van der Waals surface area contributed by atoms with E-state index in [1.807, 2.05) is 18.2 Å². The summed E-state index contributed by atoms with van der Waals surface area (Å²) in [7, 11) is 0. The second-order valence-corrected chi connectivity index (χ2v) is 3.57. The van der Waals surface area contributed by atoms with Gasteiger partial charge in [-0.05, 0) is 12.0 Å². The molecule has 13 heavy (non-hydrogen) atoms. The van der Waals surface area contributed by atoms with Crippen molar-refractivity contribution in [3.8, 4) is 0 Å². The zero-order valence-corrected chi connectivity index (χ0v) is 7.87. The fraction of sp³-hybridized carbons (Fsp3) is 0.273. The lowest BCUT2D eigenvalue weighted by Gasteiger charge is -2.00. The van der Waals surface area contributed by atoms with E-state index in [-0.39, 0.29) is 0 Å². The summed E-state index contributed by atoms with van der Waals surface area (Å²) >= 11 is 0. The molecule has 1 aromatic heterocycles. The Balaban J connectivity index is 2.75. The van der Waals surface area contributed by atoms with Crippen molar-refractivity contribution in [1.29, 1.82) is 0 Å². The van der Waals surface area contributed by atoms with E-state index in [0.29, 0.717) is 11.6 Å². The van der Waals surface area contributed by atoms with Gasteiger partial charge < -0.3 is 10.2 Å². The Labute approximate surface area is 77.3 Å². The lowest BCUT2D eigenvalue weighted by Crippen LogP contribution is -1.86. The highest BCUT2D eigenvalue weighted by Gasteiger charge is 2.09. The molecule has 1 heterocycles. The number of benzene rings is 1. The monoisotopic (exact) mass is 175 g/mol. The Morgan fingerprint density at radius 2 is 2.08 bits per heavy atom. The first kappa shape index (κ1) is 8.17. The van der Waals surface area contributed by atoms with Crippen LogP contribution in [0.2, 0.25) is 0 Å². The zero-order valence-electron chi connectivity index (χ0n) is 7.87. The summed E-state index contributed by atoms with van der Waals surface area (Å²) in [6.07, 6.45) is 1.80. The van der Waals surface area contributed by atoms with Gasteiger partial charge in [0, 0.05) is 10.9 Å². The van der Waals surface area contributed by atoms with Crippen LogP contribution in [0.3, 0.4) is 0 Å². The standard InChI is InChI=1S/C11H13NO/c1-7(2)9-6-13-11-8(9)4-3-5-10(11)12/h3-7H,12H2,1-2H3. The van der Waals surface area contributed by atoms with E-state index in [4.69, 9.17) is 10.2 Å². The molecule has 0 aliphatic heterocycles. The molecule has 0 saturated carbocycles. The maximum atomic E-state index is 5.78. The average Bonchev–Trinajstić information content (AvgIpc) is 2.48. The van der Waals surface area contributed by atoms with Crippen LogP contribution in [0.25, 0.3) is 11.0 Å². The van der Waals surface area contributed by atoms with E-state index in [0.717, 1.165) is 11.0 Å². The number of para-hydroxylation sites is 1. The molecule has 0 spiro atoms. The molecule has 0 aliphatic rings. The summed E-state index contributed by atoms with van der Waals surface area (Å²) < 4.78 is 5.42. The fourth-order valence-electron chi connectivity index (χ4n) is 1.55. The minimum absolute atomic E-state index is 0.475. The average molecular weight is 175 g/mol. The van der Waals surface area contributed by atoms with Crippen LogP contribution in [0, 0.1) is 0 Å².